The molecule has 1 fully saturated rings. The molecule has 0 amide bonds. The molecule has 0 aromatic carbocycles. The number of carbonyl (C=O) groups excluding carboxylic acids is 1. The van der Waals surface area contributed by atoms with Crippen LogP contribution in [0.3, 0.4) is 0 Å². The molecule has 1 saturated carbocycles. The van der Waals surface area contributed by atoms with E-state index in [4.69, 9.17) is 9.15 Å². The van der Waals surface area contributed by atoms with Crippen molar-refractivity contribution in [3.05, 3.63) is 23.7 Å². The highest BCUT2D eigenvalue weighted by Crippen LogP contribution is 2.28. The van der Waals surface area contributed by atoms with Crippen molar-refractivity contribution < 1.29 is 18.7 Å². The van der Waals surface area contributed by atoms with Crippen LogP contribution in [0.5, 0.6) is 0 Å². The second kappa shape index (κ2) is 6.56. The number of methoxy groups -OCH3 is 1. The summed E-state index contributed by atoms with van der Waals surface area (Å²) in [6, 6.07) is 1.68. The second-order valence-electron chi connectivity index (χ2n) is 4.49. The molecule has 0 radical (unpaired) electrons. The van der Waals surface area contributed by atoms with Gasteiger partial charge in [0.15, 0.2) is 0 Å². The van der Waals surface area contributed by atoms with Gasteiger partial charge in [0.05, 0.1) is 25.8 Å². The second-order valence-corrected chi connectivity index (χ2v) is 4.49. The van der Waals surface area contributed by atoms with Gasteiger partial charge in [0.25, 0.3) is 0 Å². The van der Waals surface area contributed by atoms with Crippen molar-refractivity contribution in [2.45, 2.75) is 19.4 Å². The van der Waals surface area contributed by atoms with Gasteiger partial charge in [-0.05, 0) is 24.8 Å². The summed E-state index contributed by atoms with van der Waals surface area (Å²) < 4.78 is 15.3. The molecule has 0 atom stereocenters. The first-order valence-corrected chi connectivity index (χ1v) is 6.24. The van der Waals surface area contributed by atoms with Gasteiger partial charge >= 0.3 is 5.97 Å². The molecule has 1 aliphatic carbocycles. The van der Waals surface area contributed by atoms with Gasteiger partial charge in [0, 0.05) is 13.2 Å². The lowest BCUT2D eigenvalue weighted by molar-refractivity contribution is 0.0600. The van der Waals surface area contributed by atoms with Crippen LogP contribution >= 0.6 is 0 Å². The van der Waals surface area contributed by atoms with Crippen LogP contribution in [0.2, 0.25) is 0 Å². The molecule has 1 heterocycles. The van der Waals surface area contributed by atoms with Gasteiger partial charge in [-0.15, -0.1) is 0 Å². The lowest BCUT2D eigenvalue weighted by Gasteiger charge is -2.03. The molecule has 1 aliphatic rings. The van der Waals surface area contributed by atoms with E-state index in [1.54, 1.807) is 6.07 Å². The molecule has 0 saturated heterocycles. The van der Waals surface area contributed by atoms with Gasteiger partial charge in [0.2, 0.25) is 0 Å². The van der Waals surface area contributed by atoms with E-state index in [2.05, 4.69) is 10.1 Å². The van der Waals surface area contributed by atoms with E-state index < -0.39 is 0 Å². The summed E-state index contributed by atoms with van der Waals surface area (Å²) in [5.41, 5.74) is 0.444. The fourth-order valence-electron chi connectivity index (χ4n) is 1.59. The minimum absolute atomic E-state index is 0.377. The molecule has 5 nitrogen and oxygen atoms in total. The first-order valence-electron chi connectivity index (χ1n) is 6.24. The fraction of sp³-hybridized carbons (Fsp3) is 0.615. The first-order chi connectivity index (χ1) is 8.79. The normalized spacial score (nSPS) is 14.7. The van der Waals surface area contributed by atoms with Crippen LogP contribution in [0.1, 0.15) is 29.0 Å². The Labute approximate surface area is 106 Å². The van der Waals surface area contributed by atoms with E-state index in [1.165, 1.54) is 26.2 Å². The number of carbonyl (C=O) groups is 1. The average Bonchev–Trinajstić information content (AvgIpc) is 3.09. The van der Waals surface area contributed by atoms with Gasteiger partial charge in [-0.1, -0.05) is 0 Å². The number of ether oxygens (including phenoxy) is 2. The highest BCUT2D eigenvalue weighted by Gasteiger charge is 2.20. The summed E-state index contributed by atoms with van der Waals surface area (Å²) in [6.45, 7) is 2.96. The molecule has 100 valence electrons. The van der Waals surface area contributed by atoms with Gasteiger partial charge in [-0.2, -0.15) is 0 Å². The van der Waals surface area contributed by atoms with Crippen molar-refractivity contribution in [2.24, 2.45) is 5.92 Å². The topological polar surface area (TPSA) is 60.7 Å². The molecule has 0 unspecified atom stereocenters. The van der Waals surface area contributed by atoms with Crippen LogP contribution in [0.25, 0.3) is 0 Å². The highest BCUT2D eigenvalue weighted by atomic mass is 16.5. The van der Waals surface area contributed by atoms with Crippen molar-refractivity contribution in [3.8, 4) is 0 Å². The number of rotatable bonds is 8. The molecule has 0 aliphatic heterocycles. The third-order valence-electron chi connectivity index (χ3n) is 2.85. The Hall–Kier alpha value is -1.33. The predicted octanol–water partition coefficient (Wildman–Crippen LogP) is 1.58. The maximum atomic E-state index is 11.2. The van der Waals surface area contributed by atoms with E-state index in [0.717, 1.165) is 24.8 Å². The van der Waals surface area contributed by atoms with Crippen LogP contribution in [0.15, 0.2) is 16.7 Å². The van der Waals surface area contributed by atoms with Crippen LogP contribution < -0.4 is 5.32 Å². The largest absolute Gasteiger partial charge is 0.467 e. The maximum Gasteiger partial charge on any atom is 0.341 e. The number of hydrogen-bond acceptors (Lipinski definition) is 5. The summed E-state index contributed by atoms with van der Waals surface area (Å²) in [7, 11) is 1.35. The van der Waals surface area contributed by atoms with Crippen molar-refractivity contribution in [3.63, 3.8) is 0 Å². The van der Waals surface area contributed by atoms with Crippen molar-refractivity contribution in [1.29, 1.82) is 0 Å². The maximum absolute atomic E-state index is 11.2. The van der Waals surface area contributed by atoms with Crippen LogP contribution in [0, 0.1) is 5.92 Å². The Balaban J connectivity index is 1.57. The smallest absolute Gasteiger partial charge is 0.341 e. The van der Waals surface area contributed by atoms with E-state index in [-0.39, 0.29) is 5.97 Å². The zero-order chi connectivity index (χ0) is 12.8. The van der Waals surface area contributed by atoms with Gasteiger partial charge in [-0.25, -0.2) is 4.79 Å². The van der Waals surface area contributed by atoms with Crippen molar-refractivity contribution in [2.75, 3.05) is 26.9 Å². The molecular formula is C13H19NO4. The molecule has 0 bridgehead atoms. The van der Waals surface area contributed by atoms with Crippen molar-refractivity contribution >= 4 is 5.97 Å². The van der Waals surface area contributed by atoms with Crippen molar-refractivity contribution in [1.82, 2.24) is 5.32 Å². The minimum atomic E-state index is -0.377. The Morgan fingerprint density at radius 3 is 3.11 bits per heavy atom. The lowest BCUT2D eigenvalue weighted by atomic mass is 10.3. The monoisotopic (exact) mass is 253 g/mol. The van der Waals surface area contributed by atoms with Gasteiger partial charge < -0.3 is 19.2 Å². The molecule has 5 heteroatoms. The standard InChI is InChI=1S/C13H19NO4/c1-16-13(15)11-6-12(18-9-11)7-14-4-5-17-8-10-2-3-10/h6,9-10,14H,2-5,7-8H2,1H3. The summed E-state index contributed by atoms with van der Waals surface area (Å²) in [6.07, 6.45) is 4.04. The van der Waals surface area contributed by atoms with Crippen LogP contribution in [-0.2, 0) is 16.0 Å². The molecule has 0 spiro atoms. The van der Waals surface area contributed by atoms with E-state index in [0.29, 0.717) is 18.7 Å². The van der Waals surface area contributed by atoms with Gasteiger partial charge in [-0.3, -0.25) is 0 Å². The molecule has 1 N–H and O–H groups in total. The Morgan fingerprint density at radius 2 is 2.39 bits per heavy atom. The fourth-order valence-corrected chi connectivity index (χ4v) is 1.59. The zero-order valence-electron chi connectivity index (χ0n) is 10.6. The van der Waals surface area contributed by atoms with Crippen LogP contribution in [-0.4, -0.2) is 32.8 Å². The minimum Gasteiger partial charge on any atom is -0.467 e. The number of nitrogens with one attached hydrogen (secondary N) is 1. The van der Waals surface area contributed by atoms with E-state index >= 15 is 0 Å². The number of esters is 1. The van der Waals surface area contributed by atoms with E-state index in [1.807, 2.05) is 0 Å². The van der Waals surface area contributed by atoms with Gasteiger partial charge in [0.1, 0.15) is 12.0 Å². The number of hydrogen-bond donors (Lipinski definition) is 1. The first kappa shape index (κ1) is 13.1. The highest BCUT2D eigenvalue weighted by molar-refractivity contribution is 5.88. The average molecular weight is 253 g/mol. The lowest BCUT2D eigenvalue weighted by Crippen LogP contribution is -2.19. The zero-order valence-corrected chi connectivity index (χ0v) is 10.6. The molecule has 2 rings (SSSR count). The predicted molar refractivity (Wildman–Crippen MR) is 65.3 cm³/mol. The Bertz CT molecular complexity index is 384. The summed E-state index contributed by atoms with van der Waals surface area (Å²) in [5, 5.41) is 3.20. The number of furan rings is 1. The molecule has 1 aromatic heterocycles. The SMILES string of the molecule is COC(=O)c1coc(CNCCOCC2CC2)c1. The summed E-state index contributed by atoms with van der Waals surface area (Å²) in [5.74, 6) is 1.15. The Kier molecular flexibility index (Phi) is 4.78. The summed E-state index contributed by atoms with van der Waals surface area (Å²) >= 11 is 0. The third kappa shape index (κ3) is 4.16. The molecular weight excluding hydrogens is 234 g/mol. The molecule has 1 aromatic rings. The summed E-state index contributed by atoms with van der Waals surface area (Å²) in [4.78, 5) is 11.2. The third-order valence-corrected chi connectivity index (χ3v) is 2.85. The Morgan fingerprint density at radius 1 is 1.56 bits per heavy atom. The quantitative estimate of drug-likeness (QED) is 0.563. The van der Waals surface area contributed by atoms with Crippen LogP contribution in [0.4, 0.5) is 0 Å². The van der Waals surface area contributed by atoms with E-state index in [9.17, 15) is 4.79 Å². The molecule has 18 heavy (non-hydrogen) atoms.